The minimum Gasteiger partial charge on any atom is -0.458 e. The molecule has 0 amide bonds. The van der Waals surface area contributed by atoms with Gasteiger partial charge in [0.15, 0.2) is 0 Å². The summed E-state index contributed by atoms with van der Waals surface area (Å²) in [5.41, 5.74) is 1.15. The molecule has 2 saturated heterocycles. The molecule has 0 aromatic carbocycles. The Morgan fingerprint density at radius 3 is 2.86 bits per heavy atom. The molecule has 14 heavy (non-hydrogen) atoms. The van der Waals surface area contributed by atoms with Gasteiger partial charge in [-0.05, 0) is 6.42 Å². The van der Waals surface area contributed by atoms with E-state index >= 15 is 0 Å². The van der Waals surface area contributed by atoms with Crippen molar-refractivity contribution in [1.29, 1.82) is 0 Å². The highest BCUT2D eigenvalue weighted by Gasteiger charge is 2.58. The van der Waals surface area contributed by atoms with E-state index in [1.54, 1.807) is 0 Å². The van der Waals surface area contributed by atoms with Crippen molar-refractivity contribution in [3.05, 3.63) is 12.2 Å². The number of ether oxygens (including phenoxy) is 1. The zero-order valence-electron chi connectivity index (χ0n) is 8.12. The molecule has 3 aliphatic rings. The molecule has 1 spiro atoms. The van der Waals surface area contributed by atoms with Gasteiger partial charge in [-0.1, -0.05) is 12.2 Å². The van der Waals surface area contributed by atoms with E-state index in [1.807, 2.05) is 11.8 Å². The fourth-order valence-corrected chi connectivity index (χ4v) is 4.69. The van der Waals surface area contributed by atoms with Crippen molar-refractivity contribution in [1.82, 2.24) is 0 Å². The molecule has 2 aliphatic heterocycles. The Bertz CT molecular complexity index is 280. The van der Waals surface area contributed by atoms with Crippen molar-refractivity contribution in [2.45, 2.75) is 24.9 Å². The first-order chi connectivity index (χ1) is 6.71. The van der Waals surface area contributed by atoms with Gasteiger partial charge in [0.05, 0.1) is 6.42 Å². The largest absolute Gasteiger partial charge is 0.458 e. The lowest BCUT2D eigenvalue weighted by Crippen LogP contribution is -2.44. The van der Waals surface area contributed by atoms with Crippen LogP contribution < -0.4 is 0 Å². The predicted octanol–water partition coefficient (Wildman–Crippen LogP) is 2.00. The molecule has 1 aliphatic carbocycles. The number of thioether (sulfide) groups is 1. The van der Waals surface area contributed by atoms with Crippen LogP contribution in [-0.2, 0) is 9.53 Å². The van der Waals surface area contributed by atoms with Gasteiger partial charge in [0, 0.05) is 29.8 Å². The van der Waals surface area contributed by atoms with Gasteiger partial charge in [-0.2, -0.15) is 11.8 Å². The van der Waals surface area contributed by atoms with Gasteiger partial charge in [0.25, 0.3) is 0 Å². The van der Waals surface area contributed by atoms with Gasteiger partial charge < -0.3 is 4.74 Å². The molecule has 2 heterocycles. The van der Waals surface area contributed by atoms with E-state index in [2.05, 4.69) is 6.58 Å². The molecule has 3 rings (SSSR count). The summed E-state index contributed by atoms with van der Waals surface area (Å²) >= 11 is 1.97. The maximum atomic E-state index is 11.4. The summed E-state index contributed by atoms with van der Waals surface area (Å²) in [5, 5.41) is 0. The molecule has 0 unspecified atom stereocenters. The van der Waals surface area contributed by atoms with Crippen molar-refractivity contribution in [3.63, 3.8) is 0 Å². The van der Waals surface area contributed by atoms with E-state index in [0.717, 1.165) is 24.3 Å². The van der Waals surface area contributed by atoms with Gasteiger partial charge in [-0.25, -0.2) is 0 Å². The van der Waals surface area contributed by atoms with Crippen molar-refractivity contribution in [2.24, 2.45) is 11.8 Å². The Morgan fingerprint density at radius 1 is 1.36 bits per heavy atom. The van der Waals surface area contributed by atoms with Gasteiger partial charge >= 0.3 is 5.97 Å². The van der Waals surface area contributed by atoms with E-state index in [1.165, 1.54) is 5.57 Å². The van der Waals surface area contributed by atoms with Gasteiger partial charge in [0.2, 0.25) is 0 Å². The monoisotopic (exact) mass is 210 g/mol. The summed E-state index contributed by atoms with van der Waals surface area (Å²) in [5.74, 6) is 3.25. The lowest BCUT2D eigenvalue weighted by Gasteiger charge is -2.38. The second-order valence-corrected chi connectivity index (χ2v) is 5.77. The van der Waals surface area contributed by atoms with E-state index in [9.17, 15) is 4.79 Å². The predicted molar refractivity (Wildman–Crippen MR) is 56.1 cm³/mol. The number of carbonyl (C=O) groups is 1. The summed E-state index contributed by atoms with van der Waals surface area (Å²) in [6.07, 6.45) is 2.63. The Kier molecular flexibility index (Phi) is 1.76. The molecule has 0 N–H and O–H groups in total. The standard InChI is InChI=1S/C11H14O2S/c1-7-2-8-5-14-6-9-3-10(12)13-11(8,9)4-7/h8-9H,1-6H2/t8-,9+,11-/m1/s1. The molecule has 1 saturated carbocycles. The van der Waals surface area contributed by atoms with Crippen LogP contribution in [0.4, 0.5) is 0 Å². The highest BCUT2D eigenvalue weighted by molar-refractivity contribution is 7.99. The third-order valence-corrected chi connectivity index (χ3v) is 5.07. The average Bonchev–Trinajstić information content (AvgIpc) is 2.57. The van der Waals surface area contributed by atoms with Crippen LogP contribution in [0.1, 0.15) is 19.3 Å². The summed E-state index contributed by atoms with van der Waals surface area (Å²) in [6.45, 7) is 4.06. The molecule has 0 aromatic heterocycles. The molecule has 3 heteroatoms. The van der Waals surface area contributed by atoms with Crippen LogP contribution in [0.3, 0.4) is 0 Å². The first-order valence-corrected chi connectivity index (χ1v) is 6.32. The smallest absolute Gasteiger partial charge is 0.306 e. The summed E-state index contributed by atoms with van der Waals surface area (Å²) < 4.78 is 5.63. The molecule has 0 aromatic rings. The fraction of sp³-hybridized carbons (Fsp3) is 0.727. The van der Waals surface area contributed by atoms with E-state index in [0.29, 0.717) is 18.3 Å². The fourth-order valence-electron chi connectivity index (χ4n) is 3.19. The van der Waals surface area contributed by atoms with E-state index in [-0.39, 0.29) is 11.6 Å². The third-order valence-electron chi connectivity index (χ3n) is 3.80. The SMILES string of the molecule is C=C1C[C@@H]2CSC[C@@H]3CC(=O)O[C@@]32C1. The van der Waals surface area contributed by atoms with Gasteiger partial charge in [-0.15, -0.1) is 0 Å². The normalized spacial score (nSPS) is 46.0. The number of hydrogen-bond acceptors (Lipinski definition) is 3. The number of carbonyl (C=O) groups excluding carboxylic acids is 1. The molecule has 2 nitrogen and oxygen atoms in total. The van der Waals surface area contributed by atoms with Crippen LogP contribution in [0, 0.1) is 11.8 Å². The second kappa shape index (κ2) is 2.78. The maximum Gasteiger partial charge on any atom is 0.306 e. The molecule has 3 fully saturated rings. The molecule has 0 radical (unpaired) electrons. The topological polar surface area (TPSA) is 26.3 Å². The summed E-state index contributed by atoms with van der Waals surface area (Å²) in [7, 11) is 0. The zero-order chi connectivity index (χ0) is 9.76. The molecule has 0 bridgehead atoms. The Balaban J connectivity index is 1.99. The first kappa shape index (κ1) is 8.84. The number of rotatable bonds is 0. The molecular formula is C11H14O2S. The zero-order valence-corrected chi connectivity index (χ0v) is 8.94. The second-order valence-electron chi connectivity index (χ2n) is 4.70. The average molecular weight is 210 g/mol. The molecular weight excluding hydrogens is 196 g/mol. The highest BCUT2D eigenvalue weighted by atomic mass is 32.2. The summed E-state index contributed by atoms with van der Waals surface area (Å²) in [4.78, 5) is 11.4. The minimum absolute atomic E-state index is 0.0113. The minimum atomic E-state index is -0.126. The first-order valence-electron chi connectivity index (χ1n) is 5.17. The lowest BCUT2D eigenvalue weighted by atomic mass is 9.80. The quantitative estimate of drug-likeness (QED) is 0.452. The molecule has 3 atom stereocenters. The van der Waals surface area contributed by atoms with Crippen LogP contribution in [0.25, 0.3) is 0 Å². The van der Waals surface area contributed by atoms with E-state index < -0.39 is 0 Å². The highest BCUT2D eigenvalue weighted by Crippen LogP contribution is 2.55. The Labute approximate surface area is 88.1 Å². The van der Waals surface area contributed by atoms with Crippen LogP contribution >= 0.6 is 11.8 Å². The van der Waals surface area contributed by atoms with Crippen molar-refractivity contribution >= 4 is 17.7 Å². The Morgan fingerprint density at radius 2 is 2.07 bits per heavy atom. The van der Waals surface area contributed by atoms with Gasteiger partial charge in [-0.3, -0.25) is 4.79 Å². The summed E-state index contributed by atoms with van der Waals surface area (Å²) in [6, 6.07) is 0. The van der Waals surface area contributed by atoms with Crippen molar-refractivity contribution in [2.75, 3.05) is 11.5 Å². The van der Waals surface area contributed by atoms with Crippen molar-refractivity contribution in [3.8, 4) is 0 Å². The number of esters is 1. The molecule has 76 valence electrons. The lowest BCUT2D eigenvalue weighted by molar-refractivity contribution is -0.151. The van der Waals surface area contributed by atoms with E-state index in [4.69, 9.17) is 4.74 Å². The van der Waals surface area contributed by atoms with Crippen LogP contribution in [0.5, 0.6) is 0 Å². The van der Waals surface area contributed by atoms with Gasteiger partial charge in [0.1, 0.15) is 5.60 Å². The Hall–Kier alpha value is -0.440. The van der Waals surface area contributed by atoms with Crippen LogP contribution in [0.2, 0.25) is 0 Å². The number of hydrogen-bond donors (Lipinski definition) is 0. The van der Waals surface area contributed by atoms with Crippen LogP contribution in [0.15, 0.2) is 12.2 Å². The van der Waals surface area contributed by atoms with Crippen LogP contribution in [-0.4, -0.2) is 23.1 Å². The maximum absolute atomic E-state index is 11.4. The van der Waals surface area contributed by atoms with Crippen molar-refractivity contribution < 1.29 is 9.53 Å². The third kappa shape index (κ3) is 1.02.